The second-order valence-electron chi connectivity index (χ2n) is 5.77. The summed E-state index contributed by atoms with van der Waals surface area (Å²) < 4.78 is 17.7. The van der Waals surface area contributed by atoms with Crippen LogP contribution in [-0.4, -0.2) is 48.5 Å². The number of carbonyl (C=O) groups is 1. The molecule has 0 aromatic heterocycles. The first-order valence-electron chi connectivity index (χ1n) is 8.62. The second-order valence-corrected chi connectivity index (χ2v) is 8.51. The van der Waals surface area contributed by atoms with Crippen molar-refractivity contribution in [3.8, 4) is 0 Å². The Morgan fingerprint density at radius 3 is 2.00 bits per heavy atom. The Labute approximate surface area is 147 Å². The molecule has 0 radical (unpaired) electrons. The molecule has 0 bridgehead atoms. The van der Waals surface area contributed by atoms with Crippen LogP contribution in [0.5, 0.6) is 0 Å². The molecule has 6 heteroatoms. The van der Waals surface area contributed by atoms with Crippen LogP contribution < -0.4 is 4.90 Å². The number of aryl methyl sites for hydroxylation is 1. The average Bonchev–Trinajstić information content (AvgIpc) is 2.53. The van der Waals surface area contributed by atoms with Gasteiger partial charge in [0.05, 0.1) is 0 Å². The molecule has 0 aliphatic heterocycles. The molecule has 0 aliphatic rings. The number of ketones is 1. The molecule has 5 nitrogen and oxygen atoms in total. The van der Waals surface area contributed by atoms with Gasteiger partial charge in [-0.3, -0.25) is 4.79 Å². The van der Waals surface area contributed by atoms with E-state index >= 15 is 0 Å². The van der Waals surface area contributed by atoms with Gasteiger partial charge in [-0.05, 0) is 51.8 Å². The van der Waals surface area contributed by atoms with Gasteiger partial charge in [0.15, 0.2) is 5.78 Å². The van der Waals surface area contributed by atoms with E-state index in [0.29, 0.717) is 32.3 Å². The molecular weight excluding hydrogens is 322 g/mol. The standard InChI is InChI=1S/C18H31NO4Si/c1-7-21-24(22-8-2,23-9-3)13-12-16-10-11-17(19(5)6)14-18(16)15(4)20/h10-11,14H,7-9,12-13H2,1-6H3. The first-order valence-corrected chi connectivity index (χ1v) is 10.5. The molecule has 24 heavy (non-hydrogen) atoms. The Bertz CT molecular complexity index is 517. The van der Waals surface area contributed by atoms with E-state index in [9.17, 15) is 4.79 Å². The number of Topliss-reactive ketones (excluding diaryl/α,β-unsaturated/α-hetero) is 1. The Kier molecular flexibility index (Phi) is 8.62. The van der Waals surface area contributed by atoms with Crippen molar-refractivity contribution in [3.63, 3.8) is 0 Å². The minimum Gasteiger partial charge on any atom is -0.378 e. The number of nitrogens with zero attached hydrogens (tertiary/aromatic N) is 1. The maximum absolute atomic E-state index is 12.0. The van der Waals surface area contributed by atoms with Crippen molar-refractivity contribution in [2.24, 2.45) is 0 Å². The fraction of sp³-hybridized carbons (Fsp3) is 0.611. The summed E-state index contributed by atoms with van der Waals surface area (Å²) in [6.45, 7) is 9.14. The maximum atomic E-state index is 12.0. The van der Waals surface area contributed by atoms with Crippen molar-refractivity contribution < 1.29 is 18.1 Å². The Morgan fingerprint density at radius 1 is 1.04 bits per heavy atom. The Balaban J connectivity index is 3.03. The zero-order chi connectivity index (χ0) is 18.2. The summed E-state index contributed by atoms with van der Waals surface area (Å²) >= 11 is 0. The van der Waals surface area contributed by atoms with E-state index in [1.54, 1.807) is 6.92 Å². The first-order chi connectivity index (χ1) is 11.4. The smallest absolute Gasteiger partial charge is 0.378 e. The van der Waals surface area contributed by atoms with E-state index in [0.717, 1.165) is 16.8 Å². The summed E-state index contributed by atoms with van der Waals surface area (Å²) in [6.07, 6.45) is 0.703. The lowest BCUT2D eigenvalue weighted by atomic mass is 10.0. The second kappa shape index (κ2) is 9.93. The predicted molar refractivity (Wildman–Crippen MR) is 99.9 cm³/mol. The summed E-state index contributed by atoms with van der Waals surface area (Å²) in [5, 5.41) is 0. The molecule has 0 saturated carbocycles. The minimum atomic E-state index is -2.69. The maximum Gasteiger partial charge on any atom is 0.501 e. The molecule has 0 aliphatic carbocycles. The predicted octanol–water partition coefficient (Wildman–Crippen LogP) is 3.55. The minimum absolute atomic E-state index is 0.0743. The molecule has 0 saturated heterocycles. The van der Waals surface area contributed by atoms with Crippen LogP contribution in [0.15, 0.2) is 18.2 Å². The van der Waals surface area contributed by atoms with Crippen LogP contribution in [0.1, 0.15) is 43.6 Å². The zero-order valence-electron chi connectivity index (χ0n) is 15.8. The van der Waals surface area contributed by atoms with Crippen LogP contribution >= 0.6 is 0 Å². The fourth-order valence-corrected chi connectivity index (χ4v) is 5.26. The van der Waals surface area contributed by atoms with E-state index in [1.165, 1.54) is 0 Å². The normalized spacial score (nSPS) is 11.6. The monoisotopic (exact) mass is 353 g/mol. The number of anilines is 1. The van der Waals surface area contributed by atoms with Crippen LogP contribution in [0.2, 0.25) is 6.04 Å². The van der Waals surface area contributed by atoms with Crippen LogP contribution in [0.4, 0.5) is 5.69 Å². The third kappa shape index (κ3) is 5.70. The van der Waals surface area contributed by atoms with Crippen molar-refractivity contribution in [2.75, 3.05) is 38.8 Å². The molecule has 0 atom stereocenters. The van der Waals surface area contributed by atoms with Gasteiger partial charge in [0, 0.05) is 51.2 Å². The number of hydrogen-bond acceptors (Lipinski definition) is 5. The van der Waals surface area contributed by atoms with Crippen molar-refractivity contribution in [2.45, 2.75) is 40.2 Å². The highest BCUT2D eigenvalue weighted by Crippen LogP contribution is 2.24. The van der Waals surface area contributed by atoms with E-state index < -0.39 is 8.80 Å². The van der Waals surface area contributed by atoms with Crippen LogP contribution in [0.25, 0.3) is 0 Å². The van der Waals surface area contributed by atoms with E-state index in [2.05, 4.69) is 0 Å². The number of rotatable bonds is 11. The highest BCUT2D eigenvalue weighted by Gasteiger charge is 2.40. The Hall–Kier alpha value is -1.21. The Morgan fingerprint density at radius 2 is 1.58 bits per heavy atom. The summed E-state index contributed by atoms with van der Waals surface area (Å²) in [5.74, 6) is 0.0743. The quantitative estimate of drug-likeness (QED) is 0.450. The molecule has 0 fully saturated rings. The molecule has 1 aromatic rings. The first kappa shape index (κ1) is 20.8. The van der Waals surface area contributed by atoms with E-state index in [-0.39, 0.29) is 5.78 Å². The third-order valence-electron chi connectivity index (χ3n) is 3.78. The van der Waals surface area contributed by atoms with Crippen molar-refractivity contribution in [3.05, 3.63) is 29.3 Å². The topological polar surface area (TPSA) is 48.0 Å². The van der Waals surface area contributed by atoms with E-state index in [1.807, 2.05) is 58.0 Å². The van der Waals surface area contributed by atoms with Crippen LogP contribution in [-0.2, 0) is 19.7 Å². The summed E-state index contributed by atoms with van der Waals surface area (Å²) in [6, 6.07) is 6.68. The van der Waals surface area contributed by atoms with E-state index in [4.69, 9.17) is 13.3 Å². The van der Waals surface area contributed by atoms with Gasteiger partial charge in [-0.15, -0.1) is 0 Å². The van der Waals surface area contributed by atoms with Gasteiger partial charge in [-0.25, -0.2) is 0 Å². The number of benzene rings is 1. The fourth-order valence-electron chi connectivity index (χ4n) is 2.68. The van der Waals surface area contributed by atoms with Crippen molar-refractivity contribution in [1.82, 2.24) is 0 Å². The van der Waals surface area contributed by atoms with Gasteiger partial charge in [0.1, 0.15) is 0 Å². The summed E-state index contributed by atoms with van der Waals surface area (Å²) in [5.41, 5.74) is 2.80. The molecule has 0 N–H and O–H groups in total. The average molecular weight is 354 g/mol. The molecule has 0 spiro atoms. The molecule has 1 aromatic carbocycles. The molecular formula is C18H31NO4Si. The highest BCUT2D eigenvalue weighted by molar-refractivity contribution is 6.60. The SMILES string of the molecule is CCO[Si](CCc1ccc(N(C)C)cc1C(C)=O)(OCC)OCC. The molecule has 136 valence electrons. The largest absolute Gasteiger partial charge is 0.501 e. The molecule has 0 heterocycles. The zero-order valence-corrected chi connectivity index (χ0v) is 16.8. The van der Waals surface area contributed by atoms with Gasteiger partial charge in [-0.2, -0.15) is 0 Å². The molecule has 0 unspecified atom stereocenters. The highest BCUT2D eigenvalue weighted by atomic mass is 28.4. The number of hydrogen-bond donors (Lipinski definition) is 0. The lowest BCUT2D eigenvalue weighted by Gasteiger charge is -2.28. The third-order valence-corrected chi connectivity index (χ3v) is 6.83. The van der Waals surface area contributed by atoms with Crippen molar-refractivity contribution >= 4 is 20.3 Å². The lowest BCUT2D eigenvalue weighted by Crippen LogP contribution is -2.46. The van der Waals surface area contributed by atoms with Crippen molar-refractivity contribution in [1.29, 1.82) is 0 Å². The summed E-state index contributed by atoms with van der Waals surface area (Å²) in [4.78, 5) is 14.0. The van der Waals surface area contributed by atoms with Gasteiger partial charge in [-0.1, -0.05) is 6.07 Å². The molecule has 0 amide bonds. The van der Waals surface area contributed by atoms with Gasteiger partial charge in [0.2, 0.25) is 0 Å². The number of carbonyl (C=O) groups excluding carboxylic acids is 1. The van der Waals surface area contributed by atoms with Crippen LogP contribution in [0, 0.1) is 0 Å². The summed E-state index contributed by atoms with van der Waals surface area (Å²) in [7, 11) is 1.24. The lowest BCUT2D eigenvalue weighted by molar-refractivity contribution is 0.0713. The molecule has 1 rings (SSSR count). The van der Waals surface area contributed by atoms with Gasteiger partial charge >= 0.3 is 8.80 Å². The van der Waals surface area contributed by atoms with Gasteiger partial charge < -0.3 is 18.2 Å². The van der Waals surface area contributed by atoms with Crippen LogP contribution in [0.3, 0.4) is 0 Å². The van der Waals surface area contributed by atoms with Gasteiger partial charge in [0.25, 0.3) is 0 Å².